The van der Waals surface area contributed by atoms with E-state index in [0.717, 1.165) is 10.5 Å². The summed E-state index contributed by atoms with van der Waals surface area (Å²) in [7, 11) is 0. The van der Waals surface area contributed by atoms with Gasteiger partial charge >= 0.3 is 0 Å². The Morgan fingerprint density at radius 3 is 2.65 bits per heavy atom. The SMILES string of the molecule is O=C(Nc1ccccc1Br)c1ccc(F)nc1. The van der Waals surface area contributed by atoms with Gasteiger partial charge in [0.25, 0.3) is 5.91 Å². The molecule has 0 unspecified atom stereocenters. The van der Waals surface area contributed by atoms with E-state index in [1.54, 1.807) is 6.07 Å². The molecule has 0 radical (unpaired) electrons. The van der Waals surface area contributed by atoms with E-state index in [2.05, 4.69) is 26.2 Å². The van der Waals surface area contributed by atoms with Gasteiger partial charge in [0.05, 0.1) is 11.3 Å². The van der Waals surface area contributed by atoms with Crippen LogP contribution in [0, 0.1) is 5.95 Å². The number of aromatic nitrogens is 1. The Balaban J connectivity index is 2.17. The fourth-order valence-corrected chi connectivity index (χ4v) is 1.65. The van der Waals surface area contributed by atoms with Gasteiger partial charge in [0.15, 0.2) is 0 Å². The lowest BCUT2D eigenvalue weighted by Gasteiger charge is -2.06. The number of carbonyl (C=O) groups is 1. The summed E-state index contributed by atoms with van der Waals surface area (Å²) in [5, 5.41) is 2.70. The molecule has 1 amide bonds. The lowest BCUT2D eigenvalue weighted by Crippen LogP contribution is -2.12. The molecule has 0 atom stereocenters. The first-order valence-electron chi connectivity index (χ1n) is 4.84. The van der Waals surface area contributed by atoms with Crippen molar-refractivity contribution in [3.63, 3.8) is 0 Å². The first kappa shape index (κ1) is 11.7. The van der Waals surface area contributed by atoms with Gasteiger partial charge in [0, 0.05) is 10.7 Å². The van der Waals surface area contributed by atoms with Gasteiger partial charge in [-0.25, -0.2) is 4.98 Å². The molecule has 86 valence electrons. The number of hydrogen-bond acceptors (Lipinski definition) is 2. The molecule has 0 spiro atoms. The average Bonchev–Trinajstić information content (AvgIpc) is 2.33. The van der Waals surface area contributed by atoms with Crippen LogP contribution in [0.25, 0.3) is 0 Å². The minimum atomic E-state index is -0.609. The molecule has 3 nitrogen and oxygen atoms in total. The highest BCUT2D eigenvalue weighted by molar-refractivity contribution is 9.10. The van der Waals surface area contributed by atoms with Crippen molar-refractivity contribution in [3.8, 4) is 0 Å². The molecule has 2 rings (SSSR count). The van der Waals surface area contributed by atoms with Crippen molar-refractivity contribution in [3.05, 3.63) is 58.6 Å². The topological polar surface area (TPSA) is 42.0 Å². The summed E-state index contributed by atoms with van der Waals surface area (Å²) in [5.74, 6) is -0.938. The van der Waals surface area contributed by atoms with E-state index in [0.29, 0.717) is 11.3 Å². The molecule has 0 fully saturated rings. The van der Waals surface area contributed by atoms with Gasteiger partial charge in [0.2, 0.25) is 5.95 Å². The lowest BCUT2D eigenvalue weighted by atomic mass is 10.2. The van der Waals surface area contributed by atoms with E-state index in [4.69, 9.17) is 0 Å². The molecule has 2 aromatic rings. The van der Waals surface area contributed by atoms with Crippen LogP contribution in [0.2, 0.25) is 0 Å². The Hall–Kier alpha value is -1.75. The van der Waals surface area contributed by atoms with Crippen molar-refractivity contribution in [2.75, 3.05) is 5.32 Å². The molecule has 0 bridgehead atoms. The zero-order chi connectivity index (χ0) is 12.3. The van der Waals surface area contributed by atoms with Gasteiger partial charge in [-0.15, -0.1) is 0 Å². The Morgan fingerprint density at radius 2 is 2.00 bits per heavy atom. The summed E-state index contributed by atoms with van der Waals surface area (Å²) in [6.45, 7) is 0. The molecule has 1 aromatic carbocycles. The van der Waals surface area contributed by atoms with E-state index in [1.807, 2.05) is 18.2 Å². The summed E-state index contributed by atoms with van der Waals surface area (Å²) < 4.78 is 13.4. The highest BCUT2D eigenvalue weighted by Gasteiger charge is 2.08. The summed E-state index contributed by atoms with van der Waals surface area (Å²) in [4.78, 5) is 15.2. The lowest BCUT2D eigenvalue weighted by molar-refractivity contribution is 0.102. The number of rotatable bonds is 2. The number of anilines is 1. The first-order valence-corrected chi connectivity index (χ1v) is 5.63. The van der Waals surface area contributed by atoms with E-state index >= 15 is 0 Å². The smallest absolute Gasteiger partial charge is 0.257 e. The number of nitrogens with zero attached hydrogens (tertiary/aromatic N) is 1. The number of carbonyl (C=O) groups excluding carboxylic acids is 1. The number of benzene rings is 1. The molecule has 0 aliphatic heterocycles. The van der Waals surface area contributed by atoms with Gasteiger partial charge < -0.3 is 5.32 Å². The fourth-order valence-electron chi connectivity index (χ4n) is 1.27. The monoisotopic (exact) mass is 294 g/mol. The molecule has 1 heterocycles. The summed E-state index contributed by atoms with van der Waals surface area (Å²) >= 11 is 3.32. The maximum Gasteiger partial charge on any atom is 0.257 e. The normalized spacial score (nSPS) is 10.0. The summed E-state index contributed by atoms with van der Waals surface area (Å²) in [6, 6.07) is 9.77. The predicted octanol–water partition coefficient (Wildman–Crippen LogP) is 3.24. The van der Waals surface area contributed by atoms with Crippen molar-refractivity contribution in [2.45, 2.75) is 0 Å². The number of para-hydroxylation sites is 1. The highest BCUT2D eigenvalue weighted by atomic mass is 79.9. The predicted molar refractivity (Wildman–Crippen MR) is 66.3 cm³/mol. The minimum absolute atomic E-state index is 0.308. The Bertz CT molecular complexity index is 542. The van der Waals surface area contributed by atoms with Crippen LogP contribution in [0.4, 0.5) is 10.1 Å². The Labute approximate surface area is 106 Å². The van der Waals surface area contributed by atoms with E-state index in [-0.39, 0.29) is 5.91 Å². The summed E-state index contributed by atoms with van der Waals surface area (Å²) in [5.41, 5.74) is 0.962. The van der Waals surface area contributed by atoms with E-state index < -0.39 is 5.95 Å². The maximum atomic E-state index is 12.6. The van der Waals surface area contributed by atoms with Gasteiger partial charge in [0.1, 0.15) is 0 Å². The second-order valence-corrected chi connectivity index (χ2v) is 4.16. The van der Waals surface area contributed by atoms with Gasteiger partial charge in [-0.05, 0) is 40.2 Å². The molecule has 0 saturated heterocycles. The van der Waals surface area contributed by atoms with Crippen LogP contribution >= 0.6 is 15.9 Å². The number of amides is 1. The molecular weight excluding hydrogens is 287 g/mol. The molecule has 0 saturated carbocycles. The molecule has 5 heteroatoms. The second kappa shape index (κ2) is 5.05. The molecule has 0 aliphatic rings. The summed E-state index contributed by atoms with van der Waals surface area (Å²) in [6.07, 6.45) is 1.20. The largest absolute Gasteiger partial charge is 0.321 e. The van der Waals surface area contributed by atoms with Crippen molar-refractivity contribution in [2.24, 2.45) is 0 Å². The third-order valence-electron chi connectivity index (χ3n) is 2.11. The molecular formula is C12H8BrFN2O. The molecule has 1 N–H and O–H groups in total. The Morgan fingerprint density at radius 1 is 1.24 bits per heavy atom. The maximum absolute atomic E-state index is 12.6. The second-order valence-electron chi connectivity index (χ2n) is 3.30. The van der Waals surface area contributed by atoms with Crippen LogP contribution in [0.5, 0.6) is 0 Å². The quantitative estimate of drug-likeness (QED) is 0.864. The molecule has 1 aromatic heterocycles. The number of nitrogens with one attached hydrogen (secondary N) is 1. The Kier molecular flexibility index (Phi) is 3.49. The van der Waals surface area contributed by atoms with Crippen LogP contribution in [0.15, 0.2) is 47.1 Å². The van der Waals surface area contributed by atoms with Crippen molar-refractivity contribution in [1.82, 2.24) is 4.98 Å². The number of pyridine rings is 1. The minimum Gasteiger partial charge on any atom is -0.321 e. The number of hydrogen-bond donors (Lipinski definition) is 1. The van der Waals surface area contributed by atoms with Crippen LogP contribution in [0.1, 0.15) is 10.4 Å². The number of halogens is 2. The van der Waals surface area contributed by atoms with Crippen LogP contribution < -0.4 is 5.32 Å². The van der Waals surface area contributed by atoms with E-state index in [9.17, 15) is 9.18 Å². The van der Waals surface area contributed by atoms with Gasteiger partial charge in [-0.2, -0.15) is 4.39 Å². The van der Waals surface area contributed by atoms with Crippen molar-refractivity contribution in [1.29, 1.82) is 0 Å². The average molecular weight is 295 g/mol. The van der Waals surface area contributed by atoms with Gasteiger partial charge in [-0.3, -0.25) is 4.79 Å². The highest BCUT2D eigenvalue weighted by Crippen LogP contribution is 2.21. The zero-order valence-corrected chi connectivity index (χ0v) is 10.2. The van der Waals surface area contributed by atoms with E-state index in [1.165, 1.54) is 12.3 Å². The van der Waals surface area contributed by atoms with Crippen LogP contribution in [-0.2, 0) is 0 Å². The van der Waals surface area contributed by atoms with Crippen LogP contribution in [-0.4, -0.2) is 10.9 Å². The third kappa shape index (κ3) is 2.88. The van der Waals surface area contributed by atoms with Crippen LogP contribution in [0.3, 0.4) is 0 Å². The van der Waals surface area contributed by atoms with Crippen molar-refractivity contribution < 1.29 is 9.18 Å². The fraction of sp³-hybridized carbons (Fsp3) is 0. The molecule has 17 heavy (non-hydrogen) atoms. The third-order valence-corrected chi connectivity index (χ3v) is 2.80. The van der Waals surface area contributed by atoms with Gasteiger partial charge in [-0.1, -0.05) is 12.1 Å². The van der Waals surface area contributed by atoms with Crippen molar-refractivity contribution >= 4 is 27.5 Å². The zero-order valence-electron chi connectivity index (χ0n) is 8.65. The molecule has 0 aliphatic carbocycles. The first-order chi connectivity index (χ1) is 8.16. The standard InChI is InChI=1S/C12H8BrFN2O/c13-9-3-1-2-4-10(9)16-12(17)8-5-6-11(14)15-7-8/h1-7H,(H,16,17).